The van der Waals surface area contributed by atoms with Crippen molar-refractivity contribution >= 4 is 11.7 Å². The molecular formula is C15H24N4O2. The molecule has 21 heavy (non-hydrogen) atoms. The van der Waals surface area contributed by atoms with Gasteiger partial charge in [-0.2, -0.15) is 4.98 Å². The zero-order chi connectivity index (χ0) is 15.1. The molecule has 1 fully saturated rings. The highest BCUT2D eigenvalue weighted by Gasteiger charge is 2.26. The molecule has 1 unspecified atom stereocenters. The van der Waals surface area contributed by atoms with E-state index < -0.39 is 0 Å². The lowest BCUT2D eigenvalue weighted by Gasteiger charge is -2.33. The predicted octanol–water partition coefficient (Wildman–Crippen LogP) is 0.772. The average molecular weight is 292 g/mol. The predicted molar refractivity (Wildman–Crippen MR) is 82.4 cm³/mol. The van der Waals surface area contributed by atoms with Crippen molar-refractivity contribution in [1.29, 1.82) is 0 Å². The van der Waals surface area contributed by atoms with Crippen molar-refractivity contribution in [3.05, 3.63) is 18.2 Å². The molecule has 1 saturated heterocycles. The van der Waals surface area contributed by atoms with Crippen LogP contribution in [0.4, 0.5) is 5.82 Å². The average Bonchev–Trinajstić information content (AvgIpc) is 2.53. The molecule has 1 amide bonds. The van der Waals surface area contributed by atoms with E-state index in [9.17, 15) is 4.79 Å². The fourth-order valence-corrected chi connectivity index (χ4v) is 2.55. The summed E-state index contributed by atoms with van der Waals surface area (Å²) in [5, 5.41) is 2.87. The molecule has 0 spiro atoms. The second-order valence-corrected chi connectivity index (χ2v) is 5.13. The van der Waals surface area contributed by atoms with Gasteiger partial charge in [0.05, 0.1) is 12.5 Å². The number of hydrogen-bond donors (Lipinski definition) is 2. The second-order valence-electron chi connectivity index (χ2n) is 5.13. The fourth-order valence-electron chi connectivity index (χ4n) is 2.55. The molecule has 1 atom stereocenters. The number of pyridine rings is 1. The highest BCUT2D eigenvalue weighted by atomic mass is 16.5. The number of aromatic nitrogens is 1. The first-order chi connectivity index (χ1) is 10.2. The highest BCUT2D eigenvalue weighted by Crippen LogP contribution is 2.23. The van der Waals surface area contributed by atoms with Crippen LogP contribution in [0.2, 0.25) is 0 Å². The van der Waals surface area contributed by atoms with Gasteiger partial charge >= 0.3 is 0 Å². The quantitative estimate of drug-likeness (QED) is 0.809. The van der Waals surface area contributed by atoms with Gasteiger partial charge in [-0.15, -0.1) is 0 Å². The van der Waals surface area contributed by atoms with E-state index in [-0.39, 0.29) is 11.8 Å². The van der Waals surface area contributed by atoms with Crippen LogP contribution >= 0.6 is 0 Å². The summed E-state index contributed by atoms with van der Waals surface area (Å²) in [4.78, 5) is 18.7. The van der Waals surface area contributed by atoms with E-state index >= 15 is 0 Å². The third-order valence-corrected chi connectivity index (χ3v) is 3.56. The molecule has 0 saturated carbocycles. The van der Waals surface area contributed by atoms with Crippen molar-refractivity contribution in [3.8, 4) is 5.88 Å². The molecule has 2 heterocycles. The van der Waals surface area contributed by atoms with Gasteiger partial charge in [-0.1, -0.05) is 6.07 Å². The van der Waals surface area contributed by atoms with Crippen LogP contribution in [0.3, 0.4) is 0 Å². The van der Waals surface area contributed by atoms with E-state index in [0.717, 1.165) is 25.2 Å². The Labute approximate surface area is 125 Å². The first-order valence-electron chi connectivity index (χ1n) is 7.57. The second kappa shape index (κ2) is 7.83. The van der Waals surface area contributed by atoms with Gasteiger partial charge in [0, 0.05) is 32.2 Å². The largest absolute Gasteiger partial charge is 0.478 e. The van der Waals surface area contributed by atoms with Crippen LogP contribution in [0.1, 0.15) is 19.8 Å². The normalized spacial score (nSPS) is 18.4. The van der Waals surface area contributed by atoms with E-state index in [1.807, 2.05) is 25.1 Å². The third kappa shape index (κ3) is 4.32. The molecule has 0 aromatic carbocycles. The van der Waals surface area contributed by atoms with Crippen molar-refractivity contribution in [2.45, 2.75) is 19.8 Å². The van der Waals surface area contributed by atoms with Gasteiger partial charge in [-0.3, -0.25) is 4.79 Å². The van der Waals surface area contributed by atoms with E-state index in [1.165, 1.54) is 0 Å². The number of rotatable bonds is 6. The number of piperidine rings is 1. The van der Waals surface area contributed by atoms with Gasteiger partial charge in [0.2, 0.25) is 11.8 Å². The summed E-state index contributed by atoms with van der Waals surface area (Å²) in [6, 6.07) is 5.75. The Balaban J connectivity index is 2.00. The van der Waals surface area contributed by atoms with Gasteiger partial charge in [0.15, 0.2) is 0 Å². The maximum Gasteiger partial charge on any atom is 0.224 e. The van der Waals surface area contributed by atoms with Gasteiger partial charge < -0.3 is 20.7 Å². The smallest absolute Gasteiger partial charge is 0.224 e. The van der Waals surface area contributed by atoms with Crippen molar-refractivity contribution in [2.24, 2.45) is 11.7 Å². The number of carbonyl (C=O) groups is 1. The number of amides is 1. The molecule has 6 nitrogen and oxygen atoms in total. The number of nitrogens with zero attached hydrogens (tertiary/aromatic N) is 2. The van der Waals surface area contributed by atoms with E-state index in [1.54, 1.807) is 0 Å². The van der Waals surface area contributed by atoms with Gasteiger partial charge in [-0.25, -0.2) is 0 Å². The van der Waals surface area contributed by atoms with Crippen molar-refractivity contribution in [3.63, 3.8) is 0 Å². The van der Waals surface area contributed by atoms with Crippen molar-refractivity contribution in [2.75, 3.05) is 37.7 Å². The summed E-state index contributed by atoms with van der Waals surface area (Å²) in [5.41, 5.74) is 5.42. The first kappa shape index (κ1) is 15.6. The Hall–Kier alpha value is -1.82. The lowest BCUT2D eigenvalue weighted by molar-refractivity contribution is -0.125. The monoisotopic (exact) mass is 292 g/mol. The number of carbonyl (C=O) groups excluding carboxylic acids is 1. The van der Waals surface area contributed by atoms with E-state index in [4.69, 9.17) is 10.5 Å². The van der Waals surface area contributed by atoms with Crippen LogP contribution in [0.5, 0.6) is 5.88 Å². The maximum atomic E-state index is 12.1. The molecular weight excluding hydrogens is 268 g/mol. The molecule has 116 valence electrons. The van der Waals surface area contributed by atoms with Crippen LogP contribution < -0.4 is 20.7 Å². The number of nitrogens with one attached hydrogen (secondary N) is 1. The molecule has 1 aliphatic rings. The summed E-state index contributed by atoms with van der Waals surface area (Å²) in [6.45, 7) is 5.16. The number of hydrogen-bond acceptors (Lipinski definition) is 5. The Morgan fingerprint density at radius 3 is 3.19 bits per heavy atom. The van der Waals surface area contributed by atoms with Crippen LogP contribution in [-0.2, 0) is 4.79 Å². The van der Waals surface area contributed by atoms with Crippen LogP contribution in [0.15, 0.2) is 18.2 Å². The van der Waals surface area contributed by atoms with Crippen LogP contribution in [0.25, 0.3) is 0 Å². The summed E-state index contributed by atoms with van der Waals surface area (Å²) >= 11 is 0. The summed E-state index contributed by atoms with van der Waals surface area (Å²) < 4.78 is 5.43. The molecule has 0 aliphatic carbocycles. The number of nitrogens with two attached hydrogens (primary N) is 1. The maximum absolute atomic E-state index is 12.1. The lowest BCUT2D eigenvalue weighted by atomic mass is 9.97. The summed E-state index contributed by atoms with van der Waals surface area (Å²) in [7, 11) is 0. The molecule has 1 aliphatic heterocycles. The minimum atomic E-state index is 0.00264. The Bertz CT molecular complexity index is 467. The zero-order valence-corrected chi connectivity index (χ0v) is 12.5. The minimum Gasteiger partial charge on any atom is -0.478 e. The van der Waals surface area contributed by atoms with Crippen molar-refractivity contribution < 1.29 is 9.53 Å². The van der Waals surface area contributed by atoms with Crippen molar-refractivity contribution in [1.82, 2.24) is 10.3 Å². The first-order valence-corrected chi connectivity index (χ1v) is 7.57. The third-order valence-electron chi connectivity index (χ3n) is 3.56. The van der Waals surface area contributed by atoms with Gasteiger partial charge in [-0.05, 0) is 25.8 Å². The molecule has 1 aromatic heterocycles. The zero-order valence-electron chi connectivity index (χ0n) is 12.5. The standard InChI is InChI=1S/C15H24N4O2/c1-2-21-14-7-3-6-13(18-14)19-10-4-5-12(11-19)15(20)17-9-8-16/h3,6-7,12H,2,4-5,8-11,16H2,1H3,(H,17,20). The Morgan fingerprint density at radius 1 is 1.57 bits per heavy atom. The van der Waals surface area contributed by atoms with E-state index in [2.05, 4.69) is 15.2 Å². The highest BCUT2D eigenvalue weighted by molar-refractivity contribution is 5.79. The molecule has 0 radical (unpaired) electrons. The molecule has 2 rings (SSSR count). The van der Waals surface area contributed by atoms with Crippen LogP contribution in [-0.4, -0.2) is 43.7 Å². The molecule has 3 N–H and O–H groups in total. The summed E-state index contributed by atoms with van der Waals surface area (Å²) in [6.07, 6.45) is 1.90. The SMILES string of the molecule is CCOc1cccc(N2CCCC(C(=O)NCCN)C2)n1. The molecule has 0 bridgehead atoms. The summed E-state index contributed by atoms with van der Waals surface area (Å²) in [5.74, 6) is 1.59. The topological polar surface area (TPSA) is 80.5 Å². The number of ether oxygens (including phenoxy) is 1. The number of anilines is 1. The lowest BCUT2D eigenvalue weighted by Crippen LogP contribution is -2.44. The molecule has 1 aromatic rings. The molecule has 6 heteroatoms. The minimum absolute atomic E-state index is 0.00264. The fraction of sp³-hybridized carbons (Fsp3) is 0.600. The van der Waals surface area contributed by atoms with Gasteiger partial charge in [0.1, 0.15) is 5.82 Å². The van der Waals surface area contributed by atoms with E-state index in [0.29, 0.717) is 32.1 Å². The van der Waals surface area contributed by atoms with Gasteiger partial charge in [0.25, 0.3) is 0 Å². The Morgan fingerprint density at radius 2 is 2.43 bits per heavy atom. The van der Waals surface area contributed by atoms with Crippen LogP contribution in [0, 0.1) is 5.92 Å². The Kier molecular flexibility index (Phi) is 5.80.